The molecular formula is C13H14N4O4S. The minimum atomic E-state index is -3.41. The van der Waals surface area contributed by atoms with Gasteiger partial charge in [-0.2, -0.15) is 0 Å². The van der Waals surface area contributed by atoms with Crippen LogP contribution in [0.15, 0.2) is 36.7 Å². The number of methoxy groups -OCH3 is 1. The number of carbonyl (C=O) groups is 1. The molecule has 0 saturated carbocycles. The number of hydrogen-bond donors (Lipinski definition) is 2. The average molecular weight is 322 g/mol. The van der Waals surface area contributed by atoms with E-state index < -0.39 is 15.9 Å². The highest BCUT2D eigenvalue weighted by Crippen LogP contribution is 2.20. The molecule has 0 radical (unpaired) electrons. The van der Waals surface area contributed by atoms with Crippen LogP contribution < -0.4 is 14.8 Å². The van der Waals surface area contributed by atoms with E-state index in [4.69, 9.17) is 4.74 Å². The summed E-state index contributed by atoms with van der Waals surface area (Å²) in [5.74, 6) is 0.0156. The van der Waals surface area contributed by atoms with Crippen molar-refractivity contribution in [2.24, 2.45) is 0 Å². The summed E-state index contributed by atoms with van der Waals surface area (Å²) in [5, 5.41) is 2.64. The first-order valence-electron chi connectivity index (χ1n) is 6.13. The van der Waals surface area contributed by atoms with Crippen molar-refractivity contribution in [1.29, 1.82) is 0 Å². The number of anilines is 2. The molecule has 2 aromatic rings. The Kier molecular flexibility index (Phi) is 4.56. The van der Waals surface area contributed by atoms with Gasteiger partial charge in [-0.25, -0.2) is 18.4 Å². The molecule has 0 saturated heterocycles. The second kappa shape index (κ2) is 6.39. The predicted molar refractivity (Wildman–Crippen MR) is 81.4 cm³/mol. The molecule has 2 heterocycles. The number of nitrogens with zero attached hydrogens (tertiary/aromatic N) is 2. The quantitative estimate of drug-likeness (QED) is 0.853. The van der Waals surface area contributed by atoms with E-state index in [1.54, 1.807) is 18.3 Å². The van der Waals surface area contributed by atoms with E-state index in [9.17, 15) is 13.2 Å². The van der Waals surface area contributed by atoms with Crippen molar-refractivity contribution in [3.8, 4) is 5.88 Å². The average Bonchev–Trinajstić information content (AvgIpc) is 2.47. The largest absolute Gasteiger partial charge is 0.480 e. The number of hydrogen-bond acceptors (Lipinski definition) is 6. The van der Waals surface area contributed by atoms with Gasteiger partial charge in [0.05, 0.1) is 18.9 Å². The highest BCUT2D eigenvalue weighted by Gasteiger charge is 2.11. The number of carbonyl (C=O) groups excluding carboxylic acids is 1. The van der Waals surface area contributed by atoms with Gasteiger partial charge in [0, 0.05) is 12.4 Å². The van der Waals surface area contributed by atoms with E-state index in [-0.39, 0.29) is 11.4 Å². The van der Waals surface area contributed by atoms with Gasteiger partial charge < -0.3 is 10.1 Å². The van der Waals surface area contributed by atoms with Crippen LogP contribution in [0.25, 0.3) is 0 Å². The normalized spacial score (nSPS) is 10.8. The van der Waals surface area contributed by atoms with E-state index in [0.717, 1.165) is 6.26 Å². The molecule has 22 heavy (non-hydrogen) atoms. The zero-order valence-electron chi connectivity index (χ0n) is 11.9. The summed E-state index contributed by atoms with van der Waals surface area (Å²) in [6.45, 7) is 0. The molecule has 0 spiro atoms. The highest BCUT2D eigenvalue weighted by atomic mass is 32.2. The third kappa shape index (κ3) is 4.16. The van der Waals surface area contributed by atoms with Crippen LogP contribution in [0.4, 0.5) is 11.5 Å². The van der Waals surface area contributed by atoms with Crippen molar-refractivity contribution in [2.45, 2.75) is 0 Å². The summed E-state index contributed by atoms with van der Waals surface area (Å²) in [4.78, 5) is 19.9. The van der Waals surface area contributed by atoms with Gasteiger partial charge in [0.25, 0.3) is 5.91 Å². The van der Waals surface area contributed by atoms with Gasteiger partial charge in [-0.15, -0.1) is 0 Å². The van der Waals surface area contributed by atoms with E-state index in [2.05, 4.69) is 20.0 Å². The molecule has 9 heteroatoms. The van der Waals surface area contributed by atoms with Crippen LogP contribution in [0, 0.1) is 0 Å². The molecule has 0 aliphatic rings. The van der Waals surface area contributed by atoms with Crippen LogP contribution in [0.5, 0.6) is 5.88 Å². The Bertz CT molecular complexity index is 775. The van der Waals surface area contributed by atoms with Crippen LogP contribution in [-0.2, 0) is 10.0 Å². The molecule has 0 atom stereocenters. The van der Waals surface area contributed by atoms with Crippen molar-refractivity contribution in [2.75, 3.05) is 23.4 Å². The number of sulfonamides is 1. The zero-order chi connectivity index (χ0) is 16.2. The molecular weight excluding hydrogens is 308 g/mol. The van der Waals surface area contributed by atoms with Gasteiger partial charge in [0.15, 0.2) is 0 Å². The van der Waals surface area contributed by atoms with Crippen molar-refractivity contribution < 1.29 is 17.9 Å². The maximum atomic E-state index is 12.1. The first kappa shape index (κ1) is 15.7. The van der Waals surface area contributed by atoms with Crippen molar-refractivity contribution in [3.63, 3.8) is 0 Å². The number of amides is 1. The molecule has 2 rings (SSSR count). The second-order valence-electron chi connectivity index (χ2n) is 4.32. The number of aromatic nitrogens is 2. The van der Waals surface area contributed by atoms with Crippen LogP contribution in [0.2, 0.25) is 0 Å². The van der Waals surface area contributed by atoms with Gasteiger partial charge in [0.1, 0.15) is 11.5 Å². The molecule has 0 bridgehead atoms. The molecule has 116 valence electrons. The molecule has 0 unspecified atom stereocenters. The Labute approximate surface area is 127 Å². The topological polar surface area (TPSA) is 110 Å². The lowest BCUT2D eigenvalue weighted by molar-refractivity contribution is 0.102. The van der Waals surface area contributed by atoms with Gasteiger partial charge >= 0.3 is 0 Å². The number of rotatable bonds is 5. The molecule has 1 amide bonds. The third-order valence-corrected chi connectivity index (χ3v) is 3.11. The number of pyridine rings is 2. The lowest BCUT2D eigenvalue weighted by atomic mass is 10.2. The first-order chi connectivity index (χ1) is 10.4. The maximum Gasteiger partial charge on any atom is 0.257 e. The monoisotopic (exact) mass is 322 g/mol. The Balaban J connectivity index is 2.13. The van der Waals surface area contributed by atoms with Crippen LogP contribution in [0.3, 0.4) is 0 Å². The van der Waals surface area contributed by atoms with Crippen LogP contribution >= 0.6 is 0 Å². The summed E-state index contributed by atoms with van der Waals surface area (Å²) in [6, 6.07) is 6.17. The molecule has 0 fully saturated rings. The summed E-state index contributed by atoms with van der Waals surface area (Å²) in [7, 11) is -1.96. The summed E-state index contributed by atoms with van der Waals surface area (Å²) >= 11 is 0. The fourth-order valence-corrected chi connectivity index (χ4v) is 2.12. The molecule has 0 aromatic carbocycles. The Hall–Kier alpha value is -2.68. The molecule has 8 nitrogen and oxygen atoms in total. The standard InChI is InChI=1S/C13H14N4O4S/c1-21-13-10(4-3-7-14-13)16-12(18)9-5-6-11(15-8-9)17-22(2,19)20/h3-8H,1-2H3,(H,15,17)(H,16,18). The minimum Gasteiger partial charge on any atom is -0.480 e. The molecule has 2 aromatic heterocycles. The van der Waals surface area contributed by atoms with Gasteiger partial charge in [-0.05, 0) is 24.3 Å². The van der Waals surface area contributed by atoms with E-state index in [0.29, 0.717) is 11.6 Å². The van der Waals surface area contributed by atoms with Gasteiger partial charge in [-0.3, -0.25) is 9.52 Å². The van der Waals surface area contributed by atoms with Gasteiger partial charge in [0.2, 0.25) is 15.9 Å². The van der Waals surface area contributed by atoms with Crippen LogP contribution in [0.1, 0.15) is 10.4 Å². The van der Waals surface area contributed by atoms with Crippen molar-refractivity contribution >= 4 is 27.4 Å². The highest BCUT2D eigenvalue weighted by molar-refractivity contribution is 7.92. The maximum absolute atomic E-state index is 12.1. The summed E-state index contributed by atoms with van der Waals surface area (Å²) in [6.07, 6.45) is 3.83. The second-order valence-corrected chi connectivity index (χ2v) is 6.07. The van der Waals surface area contributed by atoms with Crippen molar-refractivity contribution in [3.05, 3.63) is 42.2 Å². The fourth-order valence-electron chi connectivity index (χ4n) is 1.62. The lowest BCUT2D eigenvalue weighted by Crippen LogP contribution is -2.14. The van der Waals surface area contributed by atoms with Gasteiger partial charge in [-0.1, -0.05) is 0 Å². The summed E-state index contributed by atoms with van der Waals surface area (Å²) in [5.41, 5.74) is 0.693. The Morgan fingerprint density at radius 1 is 1.23 bits per heavy atom. The minimum absolute atomic E-state index is 0.137. The summed E-state index contributed by atoms with van der Waals surface area (Å²) < 4.78 is 29.4. The first-order valence-corrected chi connectivity index (χ1v) is 8.02. The van der Waals surface area contributed by atoms with Crippen LogP contribution in [-0.4, -0.2) is 37.7 Å². The SMILES string of the molecule is COc1ncccc1NC(=O)c1ccc(NS(C)(=O)=O)nc1. The lowest BCUT2D eigenvalue weighted by Gasteiger charge is -2.09. The third-order valence-electron chi connectivity index (χ3n) is 2.53. The predicted octanol–water partition coefficient (Wildman–Crippen LogP) is 1.11. The van der Waals surface area contributed by atoms with Crippen molar-refractivity contribution in [1.82, 2.24) is 9.97 Å². The number of nitrogens with one attached hydrogen (secondary N) is 2. The smallest absolute Gasteiger partial charge is 0.257 e. The van der Waals surface area contributed by atoms with E-state index in [1.165, 1.54) is 25.4 Å². The zero-order valence-corrected chi connectivity index (χ0v) is 12.7. The molecule has 0 aliphatic heterocycles. The molecule has 2 N–H and O–H groups in total. The molecule has 0 aliphatic carbocycles. The number of ether oxygens (including phenoxy) is 1. The Morgan fingerprint density at radius 3 is 2.59 bits per heavy atom. The van der Waals surface area contributed by atoms with E-state index >= 15 is 0 Å². The van der Waals surface area contributed by atoms with E-state index in [1.807, 2.05) is 0 Å². The Morgan fingerprint density at radius 2 is 2.00 bits per heavy atom. The fraction of sp³-hybridized carbons (Fsp3) is 0.154.